The highest BCUT2D eigenvalue weighted by Crippen LogP contribution is 2.22. The van der Waals surface area contributed by atoms with E-state index in [2.05, 4.69) is 5.32 Å². The highest BCUT2D eigenvalue weighted by molar-refractivity contribution is 6.30. The topological polar surface area (TPSA) is 49.4 Å². The van der Waals surface area contributed by atoms with Gasteiger partial charge in [0, 0.05) is 23.6 Å². The lowest BCUT2D eigenvalue weighted by Crippen LogP contribution is -2.44. The second kappa shape index (κ2) is 6.06. The summed E-state index contributed by atoms with van der Waals surface area (Å²) in [6.07, 6.45) is 1.96. The molecular formula is C14H17ClN2O2. The fourth-order valence-electron chi connectivity index (χ4n) is 2.25. The van der Waals surface area contributed by atoms with Gasteiger partial charge in [-0.3, -0.25) is 14.5 Å². The van der Waals surface area contributed by atoms with Crippen LogP contribution in [0.2, 0.25) is 5.02 Å². The highest BCUT2D eigenvalue weighted by Gasteiger charge is 2.34. The Labute approximate surface area is 117 Å². The molecule has 2 amide bonds. The van der Waals surface area contributed by atoms with Crippen molar-refractivity contribution in [3.05, 3.63) is 29.3 Å². The van der Waals surface area contributed by atoms with Gasteiger partial charge in [0.15, 0.2) is 0 Å². The quantitative estimate of drug-likeness (QED) is 0.844. The zero-order chi connectivity index (χ0) is 13.8. The molecule has 1 unspecified atom stereocenters. The van der Waals surface area contributed by atoms with Crippen LogP contribution >= 0.6 is 11.6 Å². The van der Waals surface area contributed by atoms with E-state index >= 15 is 0 Å². The van der Waals surface area contributed by atoms with Gasteiger partial charge in [-0.1, -0.05) is 31.0 Å². The largest absolute Gasteiger partial charge is 0.365 e. The summed E-state index contributed by atoms with van der Waals surface area (Å²) in [4.78, 5) is 24.9. The van der Waals surface area contributed by atoms with Crippen molar-refractivity contribution in [2.75, 3.05) is 5.32 Å². The van der Waals surface area contributed by atoms with Crippen molar-refractivity contribution in [1.29, 1.82) is 0 Å². The summed E-state index contributed by atoms with van der Waals surface area (Å²) < 4.78 is 0. The number of carbonyl (C=O) groups excluding carboxylic acids is 2. The van der Waals surface area contributed by atoms with E-state index < -0.39 is 0 Å². The zero-order valence-corrected chi connectivity index (χ0v) is 11.6. The van der Waals surface area contributed by atoms with Crippen LogP contribution in [0, 0.1) is 0 Å². The Morgan fingerprint density at radius 3 is 2.58 bits per heavy atom. The SMILES string of the molecule is CCCC(Nc1cccc(Cl)c1)N1C(=O)CCC1=O. The number of hydrogen-bond donors (Lipinski definition) is 1. The zero-order valence-electron chi connectivity index (χ0n) is 10.9. The molecule has 0 aliphatic carbocycles. The number of imide groups is 1. The van der Waals surface area contributed by atoms with Gasteiger partial charge in [0.05, 0.1) is 0 Å². The fourth-order valence-corrected chi connectivity index (χ4v) is 2.44. The lowest BCUT2D eigenvalue weighted by atomic mass is 10.2. The summed E-state index contributed by atoms with van der Waals surface area (Å²) >= 11 is 5.93. The maximum atomic E-state index is 11.8. The molecule has 0 bridgehead atoms. The third-order valence-electron chi connectivity index (χ3n) is 3.12. The van der Waals surface area contributed by atoms with E-state index in [9.17, 15) is 9.59 Å². The summed E-state index contributed by atoms with van der Waals surface area (Å²) in [5.74, 6) is -0.198. The number of likely N-dealkylation sites (tertiary alicyclic amines) is 1. The van der Waals surface area contributed by atoms with Crippen molar-refractivity contribution in [3.8, 4) is 0 Å². The standard InChI is InChI=1S/C14H17ClN2O2/c1-2-4-12(17-13(18)7-8-14(17)19)16-11-6-3-5-10(15)9-11/h3,5-6,9,12,16H,2,4,7-8H2,1H3. The van der Waals surface area contributed by atoms with Crippen LogP contribution in [0.5, 0.6) is 0 Å². The second-order valence-corrected chi connectivity index (χ2v) is 5.05. The Hall–Kier alpha value is -1.55. The van der Waals surface area contributed by atoms with Crippen LogP contribution in [0.4, 0.5) is 5.69 Å². The third-order valence-corrected chi connectivity index (χ3v) is 3.36. The molecule has 0 aromatic heterocycles. The van der Waals surface area contributed by atoms with Crippen molar-refractivity contribution >= 4 is 29.1 Å². The smallest absolute Gasteiger partial charge is 0.231 e. The fraction of sp³-hybridized carbons (Fsp3) is 0.429. The number of halogens is 1. The first-order chi connectivity index (χ1) is 9.11. The molecule has 4 nitrogen and oxygen atoms in total. The molecule has 1 fully saturated rings. The van der Waals surface area contributed by atoms with E-state index in [-0.39, 0.29) is 18.0 Å². The Morgan fingerprint density at radius 2 is 2.00 bits per heavy atom. The molecule has 2 rings (SSSR count). The van der Waals surface area contributed by atoms with Gasteiger partial charge in [-0.05, 0) is 24.6 Å². The molecule has 0 spiro atoms. The number of anilines is 1. The van der Waals surface area contributed by atoms with Crippen LogP contribution in [-0.4, -0.2) is 22.9 Å². The number of amides is 2. The molecule has 1 N–H and O–H groups in total. The molecule has 1 aliphatic rings. The van der Waals surface area contributed by atoms with E-state index in [4.69, 9.17) is 11.6 Å². The number of nitrogens with zero attached hydrogens (tertiary/aromatic N) is 1. The predicted molar refractivity (Wildman–Crippen MR) is 74.9 cm³/mol. The summed E-state index contributed by atoms with van der Waals surface area (Å²) in [6.45, 7) is 2.03. The number of hydrogen-bond acceptors (Lipinski definition) is 3. The molecule has 1 aromatic carbocycles. The maximum absolute atomic E-state index is 11.8. The maximum Gasteiger partial charge on any atom is 0.231 e. The first-order valence-electron chi connectivity index (χ1n) is 6.49. The average Bonchev–Trinajstić information content (AvgIpc) is 2.69. The minimum atomic E-state index is -0.286. The molecule has 19 heavy (non-hydrogen) atoms. The molecule has 1 heterocycles. The number of benzene rings is 1. The van der Waals surface area contributed by atoms with E-state index in [1.165, 1.54) is 4.90 Å². The van der Waals surface area contributed by atoms with Gasteiger partial charge in [-0.2, -0.15) is 0 Å². The van der Waals surface area contributed by atoms with E-state index in [1.807, 2.05) is 19.1 Å². The van der Waals surface area contributed by atoms with Gasteiger partial charge in [-0.25, -0.2) is 0 Å². The Balaban J connectivity index is 2.16. The predicted octanol–water partition coefficient (Wildman–Crippen LogP) is 3.03. The summed E-state index contributed by atoms with van der Waals surface area (Å²) in [7, 11) is 0. The average molecular weight is 281 g/mol. The lowest BCUT2D eigenvalue weighted by Gasteiger charge is -2.27. The van der Waals surface area contributed by atoms with Crippen molar-refractivity contribution in [2.45, 2.75) is 38.8 Å². The lowest BCUT2D eigenvalue weighted by molar-refractivity contribution is -0.140. The van der Waals surface area contributed by atoms with Crippen molar-refractivity contribution < 1.29 is 9.59 Å². The first kappa shape index (κ1) is 13.9. The molecule has 5 heteroatoms. The molecule has 1 aromatic rings. The van der Waals surface area contributed by atoms with E-state index in [1.54, 1.807) is 12.1 Å². The van der Waals surface area contributed by atoms with Gasteiger partial charge in [0.2, 0.25) is 11.8 Å². The summed E-state index contributed by atoms with van der Waals surface area (Å²) in [5, 5.41) is 3.85. The van der Waals surface area contributed by atoms with Gasteiger partial charge >= 0.3 is 0 Å². The minimum absolute atomic E-state index is 0.0991. The number of nitrogens with one attached hydrogen (secondary N) is 1. The van der Waals surface area contributed by atoms with Crippen molar-refractivity contribution in [1.82, 2.24) is 4.90 Å². The molecule has 1 aliphatic heterocycles. The van der Waals surface area contributed by atoms with Gasteiger partial charge < -0.3 is 5.32 Å². The van der Waals surface area contributed by atoms with Gasteiger partial charge in [0.1, 0.15) is 6.17 Å². The molecule has 0 saturated carbocycles. The molecule has 0 radical (unpaired) electrons. The van der Waals surface area contributed by atoms with E-state index in [0.717, 1.165) is 18.5 Å². The molecule has 1 saturated heterocycles. The third kappa shape index (κ3) is 3.26. The normalized spacial score (nSPS) is 16.8. The summed E-state index contributed by atoms with van der Waals surface area (Å²) in [6, 6.07) is 7.28. The van der Waals surface area contributed by atoms with Gasteiger partial charge in [0.25, 0.3) is 0 Å². The molecular weight excluding hydrogens is 264 g/mol. The minimum Gasteiger partial charge on any atom is -0.365 e. The Kier molecular flexibility index (Phi) is 4.43. The Bertz CT molecular complexity index is 474. The van der Waals surface area contributed by atoms with Crippen LogP contribution in [0.15, 0.2) is 24.3 Å². The van der Waals surface area contributed by atoms with Crippen LogP contribution < -0.4 is 5.32 Å². The van der Waals surface area contributed by atoms with Crippen LogP contribution in [0.25, 0.3) is 0 Å². The first-order valence-corrected chi connectivity index (χ1v) is 6.86. The highest BCUT2D eigenvalue weighted by atomic mass is 35.5. The van der Waals surface area contributed by atoms with Crippen LogP contribution in [-0.2, 0) is 9.59 Å². The Morgan fingerprint density at radius 1 is 1.32 bits per heavy atom. The molecule has 1 atom stereocenters. The van der Waals surface area contributed by atoms with Crippen molar-refractivity contribution in [3.63, 3.8) is 0 Å². The molecule has 102 valence electrons. The number of carbonyl (C=O) groups is 2. The van der Waals surface area contributed by atoms with Crippen LogP contribution in [0.1, 0.15) is 32.6 Å². The van der Waals surface area contributed by atoms with Crippen molar-refractivity contribution in [2.24, 2.45) is 0 Å². The second-order valence-electron chi connectivity index (χ2n) is 4.62. The van der Waals surface area contributed by atoms with Crippen LogP contribution in [0.3, 0.4) is 0 Å². The van der Waals surface area contributed by atoms with E-state index in [0.29, 0.717) is 17.9 Å². The monoisotopic (exact) mass is 280 g/mol. The number of rotatable bonds is 5. The van der Waals surface area contributed by atoms with Gasteiger partial charge in [-0.15, -0.1) is 0 Å². The summed E-state index contributed by atoms with van der Waals surface area (Å²) in [5.41, 5.74) is 0.818.